The fraction of sp³-hybridized carbons (Fsp3) is 0.400. The minimum atomic E-state index is -0.540. The Morgan fingerprint density at radius 3 is 2.55 bits per heavy atom. The van der Waals surface area contributed by atoms with Gasteiger partial charge in [-0.25, -0.2) is 9.37 Å². The number of nitrogens with one attached hydrogen (secondary N) is 1. The van der Waals surface area contributed by atoms with Gasteiger partial charge in [0.15, 0.2) is 0 Å². The zero-order valence-electron chi connectivity index (χ0n) is 16.7. The van der Waals surface area contributed by atoms with Gasteiger partial charge < -0.3 is 20.7 Å². The van der Waals surface area contributed by atoms with E-state index in [0.717, 1.165) is 18.9 Å². The molecule has 0 aliphatic carbocycles. The number of nitrogen functional groups attached to an aromatic ring is 1. The summed E-state index contributed by atoms with van der Waals surface area (Å²) in [5.41, 5.74) is 6.64. The topological polar surface area (TPSA) is 110 Å². The maximum atomic E-state index is 13.8. The first-order valence-electron chi connectivity index (χ1n) is 9.33. The Bertz CT molecular complexity index is 942. The molecule has 3 N–H and O–H groups in total. The molecule has 2 aromatic rings. The third kappa shape index (κ3) is 4.44. The fourth-order valence-corrected chi connectivity index (χ4v) is 3.48. The van der Waals surface area contributed by atoms with Gasteiger partial charge in [0.25, 0.3) is 0 Å². The van der Waals surface area contributed by atoms with Crippen molar-refractivity contribution in [1.82, 2.24) is 14.9 Å². The molecular weight excluding hydrogens is 377 g/mol. The highest BCUT2D eigenvalue weighted by atomic mass is 19.1. The number of nitrogens with zero attached hydrogens (tertiary/aromatic N) is 3. The van der Waals surface area contributed by atoms with Crippen molar-refractivity contribution in [3.05, 3.63) is 40.8 Å². The number of carbonyl (C=O) groups is 2. The number of hydrogen-bond acceptors (Lipinski definition) is 7. The van der Waals surface area contributed by atoms with Crippen molar-refractivity contribution < 1.29 is 18.7 Å². The highest BCUT2D eigenvalue weighted by Crippen LogP contribution is 2.28. The summed E-state index contributed by atoms with van der Waals surface area (Å²) >= 11 is 0. The lowest BCUT2D eigenvalue weighted by molar-refractivity contribution is -0.129. The number of rotatable bonds is 5. The molecule has 8 nitrogen and oxygen atoms in total. The van der Waals surface area contributed by atoms with E-state index in [1.807, 2.05) is 0 Å². The van der Waals surface area contributed by atoms with Crippen LogP contribution >= 0.6 is 0 Å². The number of likely N-dealkylation sites (tertiary alicyclic amines) is 1. The Kier molecular flexibility index (Phi) is 5.95. The van der Waals surface area contributed by atoms with Crippen LogP contribution in [-0.4, -0.2) is 52.8 Å². The predicted molar refractivity (Wildman–Crippen MR) is 106 cm³/mol. The summed E-state index contributed by atoms with van der Waals surface area (Å²) in [4.78, 5) is 34.5. The number of hydrogen-bond donors (Lipinski definition) is 2. The maximum absolute atomic E-state index is 13.8. The average Bonchev–Trinajstić information content (AvgIpc) is 2.67. The molecule has 0 unspecified atom stereocenters. The molecule has 1 aromatic carbocycles. The van der Waals surface area contributed by atoms with Crippen LogP contribution in [0.25, 0.3) is 0 Å². The van der Waals surface area contributed by atoms with Crippen LogP contribution in [-0.2, 0) is 4.79 Å². The van der Waals surface area contributed by atoms with Crippen LogP contribution in [0.1, 0.15) is 41.3 Å². The third-order valence-electron chi connectivity index (χ3n) is 5.02. The number of ether oxygens (including phenoxy) is 1. The summed E-state index contributed by atoms with van der Waals surface area (Å²) in [5.74, 6) is -0.394. The van der Waals surface area contributed by atoms with Crippen LogP contribution in [0.3, 0.4) is 0 Å². The molecule has 0 atom stereocenters. The normalized spacial score (nSPS) is 14.6. The predicted octanol–water partition coefficient (Wildman–Crippen LogP) is 2.17. The van der Waals surface area contributed by atoms with Crippen molar-refractivity contribution in [3.8, 4) is 5.75 Å². The van der Waals surface area contributed by atoms with Gasteiger partial charge in [-0.1, -0.05) is 0 Å². The van der Waals surface area contributed by atoms with E-state index in [0.29, 0.717) is 24.6 Å². The van der Waals surface area contributed by atoms with Crippen LogP contribution in [0.5, 0.6) is 5.75 Å². The molecule has 0 spiro atoms. The quantitative estimate of drug-likeness (QED) is 0.739. The molecule has 0 saturated carbocycles. The fourth-order valence-electron chi connectivity index (χ4n) is 3.48. The molecule has 0 bridgehead atoms. The van der Waals surface area contributed by atoms with Crippen molar-refractivity contribution in [2.24, 2.45) is 0 Å². The Morgan fingerprint density at radius 1 is 1.28 bits per heavy atom. The summed E-state index contributed by atoms with van der Waals surface area (Å²) in [7, 11) is 1.42. The number of aryl methyl sites for hydroxylation is 1. The van der Waals surface area contributed by atoms with Gasteiger partial charge in [-0.3, -0.25) is 9.59 Å². The Hall–Kier alpha value is -3.23. The second-order valence-corrected chi connectivity index (χ2v) is 7.05. The maximum Gasteiger partial charge on any atom is 0.224 e. The zero-order valence-corrected chi connectivity index (χ0v) is 16.7. The van der Waals surface area contributed by atoms with Gasteiger partial charge in [-0.15, -0.1) is 0 Å². The van der Waals surface area contributed by atoms with Crippen molar-refractivity contribution >= 4 is 23.5 Å². The second-order valence-electron chi connectivity index (χ2n) is 7.05. The van der Waals surface area contributed by atoms with Crippen LogP contribution in [0.4, 0.5) is 16.2 Å². The van der Waals surface area contributed by atoms with Gasteiger partial charge in [0, 0.05) is 32.3 Å². The molecule has 154 valence electrons. The summed E-state index contributed by atoms with van der Waals surface area (Å²) in [5, 5.41) is 3.19. The molecule has 1 amide bonds. The van der Waals surface area contributed by atoms with Crippen LogP contribution < -0.4 is 15.8 Å². The highest BCUT2D eigenvalue weighted by molar-refractivity contribution is 6.13. The Morgan fingerprint density at radius 2 is 1.97 bits per heavy atom. The largest absolute Gasteiger partial charge is 0.496 e. The lowest BCUT2D eigenvalue weighted by atomic mass is 10.0. The zero-order chi connectivity index (χ0) is 21.1. The molecule has 9 heteroatoms. The molecule has 3 rings (SSSR count). The molecule has 1 saturated heterocycles. The lowest BCUT2D eigenvalue weighted by Crippen LogP contribution is -2.41. The molecule has 2 heterocycles. The molecule has 0 radical (unpaired) electrons. The second kappa shape index (κ2) is 8.42. The van der Waals surface area contributed by atoms with Crippen molar-refractivity contribution in [2.75, 3.05) is 31.2 Å². The molecule has 1 aliphatic heterocycles. The van der Waals surface area contributed by atoms with E-state index in [4.69, 9.17) is 10.5 Å². The number of halogens is 1. The van der Waals surface area contributed by atoms with Crippen LogP contribution in [0.2, 0.25) is 0 Å². The van der Waals surface area contributed by atoms with Gasteiger partial charge in [0.2, 0.25) is 17.6 Å². The van der Waals surface area contributed by atoms with Crippen molar-refractivity contribution in [1.29, 1.82) is 0 Å². The van der Waals surface area contributed by atoms with Gasteiger partial charge in [0.05, 0.1) is 18.2 Å². The van der Waals surface area contributed by atoms with Crippen molar-refractivity contribution in [3.63, 3.8) is 0 Å². The third-order valence-corrected chi connectivity index (χ3v) is 5.02. The standard InChI is InChI=1S/C20H24FN5O3/c1-11-8-13(21)9-15(18(11)29-3)17(28)16-10-23-20(25-19(16)22)24-14-4-6-26(7-5-14)12(2)27/h8-10,14H,4-7H2,1-3H3,(H3,22,23,24,25). The van der Waals surface area contributed by atoms with Gasteiger partial charge in [0.1, 0.15) is 17.4 Å². The number of nitrogens with two attached hydrogens (primary N) is 1. The first-order valence-corrected chi connectivity index (χ1v) is 9.33. The highest BCUT2D eigenvalue weighted by Gasteiger charge is 2.23. The van der Waals surface area contributed by atoms with Gasteiger partial charge in [-0.2, -0.15) is 4.98 Å². The molecular formula is C20H24FN5O3. The number of ketones is 1. The summed E-state index contributed by atoms with van der Waals surface area (Å²) in [6.45, 7) is 4.54. The van der Waals surface area contributed by atoms with E-state index in [1.54, 1.807) is 18.7 Å². The van der Waals surface area contributed by atoms with E-state index in [9.17, 15) is 14.0 Å². The number of benzene rings is 1. The van der Waals surface area contributed by atoms with Crippen LogP contribution in [0.15, 0.2) is 18.3 Å². The smallest absolute Gasteiger partial charge is 0.224 e. The summed E-state index contributed by atoms with van der Waals surface area (Å²) < 4.78 is 19.1. The number of piperidine rings is 1. The minimum absolute atomic E-state index is 0.00219. The van der Waals surface area contributed by atoms with E-state index in [2.05, 4.69) is 15.3 Å². The lowest BCUT2D eigenvalue weighted by Gasteiger charge is -2.31. The van der Waals surface area contributed by atoms with Gasteiger partial charge >= 0.3 is 0 Å². The SMILES string of the molecule is COc1c(C)cc(F)cc1C(=O)c1cnc(NC2CCN(C(C)=O)CC2)nc1N. The molecule has 29 heavy (non-hydrogen) atoms. The molecule has 1 aliphatic rings. The average molecular weight is 401 g/mol. The van der Waals surface area contributed by atoms with Gasteiger partial charge in [-0.05, 0) is 37.5 Å². The number of methoxy groups -OCH3 is 1. The summed E-state index contributed by atoms with van der Waals surface area (Å²) in [6.07, 6.45) is 2.87. The number of amides is 1. The first kappa shape index (κ1) is 20.5. The molecule has 1 fully saturated rings. The number of anilines is 2. The van der Waals surface area contributed by atoms with Crippen molar-refractivity contribution in [2.45, 2.75) is 32.7 Å². The first-order chi connectivity index (χ1) is 13.8. The van der Waals surface area contributed by atoms with E-state index in [-0.39, 0.29) is 34.6 Å². The molecule has 1 aromatic heterocycles. The van der Waals surface area contributed by atoms with E-state index in [1.165, 1.54) is 19.4 Å². The Labute approximate surface area is 168 Å². The summed E-state index contributed by atoms with van der Waals surface area (Å²) in [6, 6.07) is 2.51. The van der Waals surface area contributed by atoms with E-state index < -0.39 is 11.6 Å². The van der Waals surface area contributed by atoms with Crippen LogP contribution in [0, 0.1) is 12.7 Å². The Balaban J connectivity index is 1.77. The number of carbonyl (C=O) groups excluding carboxylic acids is 2. The van der Waals surface area contributed by atoms with E-state index >= 15 is 0 Å². The minimum Gasteiger partial charge on any atom is -0.496 e. The monoisotopic (exact) mass is 401 g/mol. The number of aromatic nitrogens is 2.